The van der Waals surface area contributed by atoms with Gasteiger partial charge in [0.25, 0.3) is 5.91 Å². The number of nitrogens with one attached hydrogen (secondary N) is 1. The molecule has 0 spiro atoms. The number of fused-ring (bicyclic) bond motifs is 1. The molecule has 186 valence electrons. The topological polar surface area (TPSA) is 59.4 Å². The fraction of sp³-hybridized carbons (Fsp3) is 0.391. The molecule has 1 amide bonds. The van der Waals surface area contributed by atoms with Crippen molar-refractivity contribution in [3.8, 4) is 5.75 Å². The van der Waals surface area contributed by atoms with Gasteiger partial charge in [-0.1, -0.05) is 11.6 Å². The van der Waals surface area contributed by atoms with Crippen molar-refractivity contribution in [2.24, 2.45) is 0 Å². The highest BCUT2D eigenvalue weighted by Crippen LogP contribution is 2.34. The fourth-order valence-corrected chi connectivity index (χ4v) is 5.13. The first-order valence-electron chi connectivity index (χ1n) is 11.0. The molecule has 1 aromatic heterocycles. The van der Waals surface area contributed by atoms with Gasteiger partial charge in [-0.2, -0.15) is 5.10 Å². The van der Waals surface area contributed by atoms with Gasteiger partial charge in [0.1, 0.15) is 11.6 Å². The molecule has 0 atom stereocenters. The summed E-state index contributed by atoms with van der Waals surface area (Å²) in [7, 11) is 0. The van der Waals surface area contributed by atoms with Gasteiger partial charge in [-0.05, 0) is 61.5 Å². The highest BCUT2D eigenvalue weighted by molar-refractivity contribution is 7.98. The van der Waals surface area contributed by atoms with E-state index in [-0.39, 0.29) is 22.4 Å². The lowest BCUT2D eigenvalue weighted by atomic mass is 10.1. The van der Waals surface area contributed by atoms with Crippen molar-refractivity contribution in [1.29, 1.82) is 0 Å². The van der Waals surface area contributed by atoms with Crippen LogP contribution in [0.5, 0.6) is 5.75 Å². The van der Waals surface area contributed by atoms with E-state index in [2.05, 4.69) is 14.6 Å². The largest absolute Gasteiger partial charge is 0.573 e. The van der Waals surface area contributed by atoms with Crippen LogP contribution in [-0.4, -0.2) is 45.3 Å². The maximum absolute atomic E-state index is 14.8. The van der Waals surface area contributed by atoms with Crippen molar-refractivity contribution in [2.75, 3.05) is 13.1 Å². The van der Waals surface area contributed by atoms with Gasteiger partial charge in [-0.25, -0.2) is 4.39 Å². The molecule has 0 bridgehead atoms. The van der Waals surface area contributed by atoms with Crippen molar-refractivity contribution in [2.45, 2.75) is 44.0 Å². The van der Waals surface area contributed by atoms with Crippen molar-refractivity contribution in [1.82, 2.24) is 19.4 Å². The van der Waals surface area contributed by atoms with Crippen LogP contribution < -0.4 is 9.46 Å². The maximum Gasteiger partial charge on any atom is 0.573 e. The van der Waals surface area contributed by atoms with Gasteiger partial charge in [-0.3, -0.25) is 19.1 Å². The Morgan fingerprint density at radius 3 is 2.66 bits per heavy atom. The molecular weight excluding hydrogens is 508 g/mol. The molecule has 1 saturated heterocycles. The number of amides is 1. The molecule has 0 unspecified atom stereocenters. The number of likely N-dealkylation sites (tertiary alicyclic amines) is 1. The van der Waals surface area contributed by atoms with E-state index in [1.807, 2.05) is 11.8 Å². The average Bonchev–Trinajstić information content (AvgIpc) is 3.50. The number of aryl methyl sites for hydroxylation is 1. The van der Waals surface area contributed by atoms with Crippen LogP contribution in [0.4, 0.5) is 17.6 Å². The van der Waals surface area contributed by atoms with Crippen LogP contribution in [0.15, 0.2) is 30.3 Å². The molecule has 2 aromatic carbocycles. The number of ether oxygens (including phenoxy) is 1. The molecule has 6 nitrogen and oxygen atoms in total. The zero-order valence-electron chi connectivity index (χ0n) is 18.5. The molecule has 0 radical (unpaired) electrons. The Morgan fingerprint density at radius 1 is 1.23 bits per heavy atom. The number of halogens is 5. The van der Waals surface area contributed by atoms with Gasteiger partial charge in [-0.15, -0.1) is 13.2 Å². The number of aromatic nitrogens is 2. The quantitative estimate of drug-likeness (QED) is 0.318. The van der Waals surface area contributed by atoms with E-state index in [0.29, 0.717) is 47.0 Å². The second kappa shape index (κ2) is 9.18. The highest BCUT2D eigenvalue weighted by atomic mass is 35.5. The number of benzene rings is 2. The van der Waals surface area contributed by atoms with E-state index in [0.717, 1.165) is 18.9 Å². The van der Waals surface area contributed by atoms with Gasteiger partial charge in [0, 0.05) is 41.4 Å². The monoisotopic (exact) mass is 528 g/mol. The normalized spacial score (nSPS) is 17.0. The van der Waals surface area contributed by atoms with Crippen LogP contribution in [0.2, 0.25) is 5.02 Å². The zero-order valence-corrected chi connectivity index (χ0v) is 20.1. The summed E-state index contributed by atoms with van der Waals surface area (Å²) in [5.74, 6) is -1.44. The van der Waals surface area contributed by atoms with E-state index in [1.165, 1.54) is 30.1 Å². The van der Waals surface area contributed by atoms with Crippen molar-refractivity contribution < 1.29 is 27.1 Å². The van der Waals surface area contributed by atoms with Crippen molar-refractivity contribution in [3.05, 3.63) is 58.0 Å². The average molecular weight is 529 g/mol. The van der Waals surface area contributed by atoms with Crippen LogP contribution >= 0.6 is 23.5 Å². The molecule has 1 aliphatic heterocycles. The van der Waals surface area contributed by atoms with Gasteiger partial charge in [0.05, 0.1) is 22.8 Å². The number of hydrogen-bond donors (Lipinski definition) is 1. The second-order valence-corrected chi connectivity index (χ2v) is 10.4. The molecular formula is C23H21ClF4N4O2S. The minimum Gasteiger partial charge on any atom is -0.406 e. The summed E-state index contributed by atoms with van der Waals surface area (Å²) in [6, 6.07) is 6.85. The smallest absolute Gasteiger partial charge is 0.406 e. The summed E-state index contributed by atoms with van der Waals surface area (Å²) in [5.41, 5.74) is 1.86. The third-order valence-electron chi connectivity index (χ3n) is 5.92. The molecule has 3 aromatic rings. The van der Waals surface area contributed by atoms with Gasteiger partial charge in [0.2, 0.25) is 0 Å². The molecule has 2 heterocycles. The predicted octanol–water partition coefficient (Wildman–Crippen LogP) is 5.63. The third-order valence-corrected chi connectivity index (χ3v) is 7.25. The summed E-state index contributed by atoms with van der Waals surface area (Å²) >= 11 is 7.29. The lowest BCUT2D eigenvalue weighted by molar-refractivity contribution is -0.274. The Morgan fingerprint density at radius 2 is 1.97 bits per heavy atom. The minimum absolute atomic E-state index is 0.0126. The maximum atomic E-state index is 14.8. The van der Waals surface area contributed by atoms with E-state index in [1.54, 1.807) is 10.7 Å². The SMILES string of the molecule is Cc1nn(C2CN(Cc3cc(Cl)cc(OC(F)(F)F)c3)C2)c2cc(F)c(C(=O)NSC3CC3)cc12. The Balaban J connectivity index is 1.28. The predicted molar refractivity (Wildman–Crippen MR) is 125 cm³/mol. The standard InChI is InChI=1S/C23H21ClF4N4O2S/c1-12-18-7-19(22(33)30-35-17-2-3-17)20(25)8-21(18)32(29-12)15-10-31(11-15)9-13-4-14(24)6-16(5-13)34-23(26,27)28/h4-8,15,17H,2-3,9-11H2,1H3,(H,30,33). The molecule has 1 saturated carbocycles. The van der Waals surface area contributed by atoms with Crippen molar-refractivity contribution >= 4 is 40.4 Å². The number of nitrogens with zero attached hydrogens (tertiary/aromatic N) is 3. The number of carbonyl (C=O) groups excluding carboxylic acids is 1. The number of rotatable bonds is 7. The molecule has 2 aliphatic rings. The Labute approximate surface area is 207 Å². The van der Waals surface area contributed by atoms with Gasteiger partial charge >= 0.3 is 6.36 Å². The second-order valence-electron chi connectivity index (χ2n) is 8.82. The van der Waals surface area contributed by atoms with Crippen LogP contribution in [0.3, 0.4) is 0 Å². The molecule has 2 fully saturated rings. The molecule has 1 aliphatic carbocycles. The number of carbonyl (C=O) groups is 1. The minimum atomic E-state index is -4.80. The van der Waals surface area contributed by atoms with Crippen LogP contribution in [0.1, 0.15) is 40.5 Å². The van der Waals surface area contributed by atoms with E-state index in [4.69, 9.17) is 11.6 Å². The van der Waals surface area contributed by atoms with Gasteiger partial charge < -0.3 is 4.74 Å². The van der Waals surface area contributed by atoms with Crippen LogP contribution in [-0.2, 0) is 6.54 Å². The Bertz CT molecular complexity index is 1290. The molecule has 12 heteroatoms. The Kier molecular flexibility index (Phi) is 6.35. The van der Waals surface area contributed by atoms with E-state index < -0.39 is 18.1 Å². The highest BCUT2D eigenvalue weighted by Gasteiger charge is 2.33. The summed E-state index contributed by atoms with van der Waals surface area (Å²) < 4.78 is 60.9. The van der Waals surface area contributed by atoms with Crippen LogP contribution in [0.25, 0.3) is 10.9 Å². The first-order valence-corrected chi connectivity index (χ1v) is 12.2. The molecule has 35 heavy (non-hydrogen) atoms. The van der Waals surface area contributed by atoms with E-state index >= 15 is 0 Å². The fourth-order valence-electron chi connectivity index (χ4n) is 4.13. The Hall–Kier alpha value is -2.50. The number of hydrogen-bond acceptors (Lipinski definition) is 5. The van der Waals surface area contributed by atoms with Crippen molar-refractivity contribution in [3.63, 3.8) is 0 Å². The summed E-state index contributed by atoms with van der Waals surface area (Å²) in [5, 5.41) is 5.83. The summed E-state index contributed by atoms with van der Waals surface area (Å²) in [6.07, 6.45) is -2.69. The lowest BCUT2D eigenvalue weighted by Crippen LogP contribution is -2.47. The van der Waals surface area contributed by atoms with Crippen LogP contribution in [0, 0.1) is 12.7 Å². The van der Waals surface area contributed by atoms with E-state index in [9.17, 15) is 22.4 Å². The number of alkyl halides is 3. The first-order chi connectivity index (χ1) is 16.6. The molecule has 5 rings (SSSR count). The first kappa shape index (κ1) is 24.2. The zero-order chi connectivity index (χ0) is 24.9. The molecule has 1 N–H and O–H groups in total. The lowest BCUT2D eigenvalue weighted by Gasteiger charge is -2.39. The summed E-state index contributed by atoms with van der Waals surface area (Å²) in [4.78, 5) is 14.4. The third kappa shape index (κ3) is 5.52. The summed E-state index contributed by atoms with van der Waals surface area (Å²) in [6.45, 7) is 3.32. The van der Waals surface area contributed by atoms with Gasteiger partial charge in [0.15, 0.2) is 0 Å².